The molecule has 27 heavy (non-hydrogen) atoms. The number of halogens is 4. The first-order chi connectivity index (χ1) is 12.8. The molecule has 0 spiro atoms. The number of esters is 1. The Hall–Kier alpha value is -3.03. The smallest absolute Gasteiger partial charge is 0.416 e. The third-order valence-corrected chi connectivity index (χ3v) is 3.97. The van der Waals surface area contributed by atoms with Gasteiger partial charge in [-0.25, -0.2) is 9.18 Å². The number of ether oxygens (including phenoxy) is 1. The number of benzene rings is 2. The number of aromatic nitrogens is 1. The molecule has 0 fully saturated rings. The number of alkyl halides is 3. The Morgan fingerprint density at radius 2 is 1.81 bits per heavy atom. The van der Waals surface area contributed by atoms with Crippen LogP contribution in [-0.2, 0) is 17.5 Å². The predicted molar refractivity (Wildman–Crippen MR) is 92.4 cm³/mol. The van der Waals surface area contributed by atoms with Crippen molar-refractivity contribution < 1.29 is 27.1 Å². The van der Waals surface area contributed by atoms with Gasteiger partial charge in [-0.3, -0.25) is 4.68 Å². The van der Waals surface area contributed by atoms with Crippen LogP contribution in [0.4, 0.5) is 17.6 Å². The molecule has 2 aromatic carbocycles. The van der Waals surface area contributed by atoms with Gasteiger partial charge in [0, 0.05) is 5.39 Å². The maximum atomic E-state index is 13.1. The van der Waals surface area contributed by atoms with Gasteiger partial charge in [-0.05, 0) is 42.8 Å². The maximum absolute atomic E-state index is 13.1. The average molecular weight is 380 g/mol. The molecule has 0 aliphatic heterocycles. The monoisotopic (exact) mass is 380 g/mol. The minimum Gasteiger partial charge on any atom is -0.461 e. The van der Waals surface area contributed by atoms with Gasteiger partial charge in [0.25, 0.3) is 0 Å². The van der Waals surface area contributed by atoms with Crippen molar-refractivity contribution in [1.82, 2.24) is 4.68 Å². The van der Waals surface area contributed by atoms with E-state index in [-0.39, 0.29) is 24.4 Å². The summed E-state index contributed by atoms with van der Waals surface area (Å²) in [4.78, 5) is 12.2. The second kappa shape index (κ2) is 7.30. The van der Waals surface area contributed by atoms with Crippen LogP contribution in [0.2, 0.25) is 0 Å². The van der Waals surface area contributed by atoms with Gasteiger partial charge in [0.1, 0.15) is 11.5 Å². The molecule has 0 aliphatic carbocycles. The van der Waals surface area contributed by atoms with E-state index in [0.29, 0.717) is 10.9 Å². The molecule has 0 radical (unpaired) electrons. The van der Waals surface area contributed by atoms with Gasteiger partial charge in [0.15, 0.2) is 0 Å². The number of hydrogen-bond donors (Lipinski definition) is 1. The number of hydrogen-bond acceptors (Lipinski definition) is 3. The Bertz CT molecular complexity index is 962. The molecule has 3 aromatic rings. The molecule has 1 aromatic heterocycles. The van der Waals surface area contributed by atoms with Crippen molar-refractivity contribution >= 4 is 16.9 Å². The fraction of sp³-hybridized carbons (Fsp3) is 0.211. The van der Waals surface area contributed by atoms with Crippen molar-refractivity contribution in [2.45, 2.75) is 19.6 Å². The number of carbonyl (C=O) groups is 1. The highest BCUT2D eigenvalue weighted by Gasteiger charge is 2.31. The lowest BCUT2D eigenvalue weighted by molar-refractivity contribution is -0.137. The van der Waals surface area contributed by atoms with E-state index in [1.807, 2.05) is 0 Å². The van der Waals surface area contributed by atoms with Gasteiger partial charge in [-0.1, -0.05) is 18.2 Å². The van der Waals surface area contributed by atoms with Gasteiger partial charge in [-0.2, -0.15) is 13.2 Å². The highest BCUT2D eigenvalue weighted by Crippen LogP contribution is 2.32. The summed E-state index contributed by atoms with van der Waals surface area (Å²) in [6.07, 6.45) is -4.51. The minimum atomic E-state index is -4.51. The molecular formula is C19H16F4N2O2. The quantitative estimate of drug-likeness (QED) is 0.515. The first kappa shape index (κ1) is 18.8. The fourth-order valence-corrected chi connectivity index (χ4v) is 2.68. The van der Waals surface area contributed by atoms with E-state index in [1.54, 1.807) is 19.1 Å². The van der Waals surface area contributed by atoms with E-state index in [2.05, 4.69) is 5.43 Å². The van der Waals surface area contributed by atoms with Crippen LogP contribution in [0.3, 0.4) is 0 Å². The molecule has 0 aliphatic rings. The van der Waals surface area contributed by atoms with Crippen LogP contribution in [0.15, 0.2) is 48.5 Å². The Kier molecular flexibility index (Phi) is 5.07. The Labute approximate surface area is 152 Å². The number of nitrogens with zero attached hydrogens (tertiary/aromatic N) is 1. The molecule has 8 heteroatoms. The van der Waals surface area contributed by atoms with E-state index < -0.39 is 23.5 Å². The third-order valence-electron chi connectivity index (χ3n) is 3.97. The van der Waals surface area contributed by atoms with Gasteiger partial charge < -0.3 is 10.2 Å². The van der Waals surface area contributed by atoms with Crippen molar-refractivity contribution in [3.05, 3.63) is 71.2 Å². The molecule has 0 unspecified atom stereocenters. The summed E-state index contributed by atoms with van der Waals surface area (Å²) in [5, 5.41) is 0.456. The van der Waals surface area contributed by atoms with Crippen molar-refractivity contribution in [2.24, 2.45) is 0 Å². The van der Waals surface area contributed by atoms with Crippen molar-refractivity contribution in [3.63, 3.8) is 0 Å². The molecule has 0 atom stereocenters. The van der Waals surface area contributed by atoms with Crippen LogP contribution in [0, 0.1) is 5.82 Å². The number of nitrogens with one attached hydrogen (secondary N) is 1. The second-order valence-corrected chi connectivity index (χ2v) is 5.82. The van der Waals surface area contributed by atoms with Gasteiger partial charge in [0.05, 0.1) is 24.2 Å². The van der Waals surface area contributed by atoms with Gasteiger partial charge >= 0.3 is 12.1 Å². The lowest BCUT2D eigenvalue weighted by atomic mass is 10.1. The summed E-state index contributed by atoms with van der Waals surface area (Å²) in [6.45, 7) is 1.94. The van der Waals surface area contributed by atoms with E-state index >= 15 is 0 Å². The first-order valence-electron chi connectivity index (χ1n) is 8.17. The molecular weight excluding hydrogens is 364 g/mol. The third kappa shape index (κ3) is 4.05. The maximum Gasteiger partial charge on any atom is 0.416 e. The molecule has 0 amide bonds. The van der Waals surface area contributed by atoms with Crippen molar-refractivity contribution in [1.29, 1.82) is 0 Å². The van der Waals surface area contributed by atoms with E-state index in [0.717, 1.165) is 12.1 Å². The predicted octanol–water partition coefficient (Wildman–Crippen LogP) is 4.72. The summed E-state index contributed by atoms with van der Waals surface area (Å²) >= 11 is 0. The summed E-state index contributed by atoms with van der Waals surface area (Å²) in [5.74, 6) is -1.05. The van der Waals surface area contributed by atoms with Crippen molar-refractivity contribution in [2.75, 3.05) is 12.0 Å². The Morgan fingerprint density at radius 3 is 2.44 bits per heavy atom. The Morgan fingerprint density at radius 1 is 1.11 bits per heavy atom. The molecule has 3 rings (SSSR count). The summed E-state index contributed by atoms with van der Waals surface area (Å²) in [6, 6.07) is 10.3. The first-order valence-corrected chi connectivity index (χ1v) is 8.17. The molecule has 142 valence electrons. The SMILES string of the molecule is CCOC(=O)c1cc2ccc(C(F)(F)F)cc2n1NCc1ccc(F)cc1. The highest BCUT2D eigenvalue weighted by atomic mass is 19.4. The number of rotatable bonds is 5. The zero-order valence-electron chi connectivity index (χ0n) is 14.3. The molecule has 0 saturated carbocycles. The fourth-order valence-electron chi connectivity index (χ4n) is 2.68. The summed E-state index contributed by atoms with van der Waals surface area (Å²) in [5.41, 5.74) is 3.05. The van der Waals surface area contributed by atoms with Crippen LogP contribution < -0.4 is 5.43 Å². The zero-order valence-corrected chi connectivity index (χ0v) is 14.3. The van der Waals surface area contributed by atoms with E-state index in [1.165, 1.54) is 28.9 Å². The largest absolute Gasteiger partial charge is 0.461 e. The van der Waals surface area contributed by atoms with Crippen LogP contribution in [0.1, 0.15) is 28.5 Å². The molecule has 0 saturated heterocycles. The summed E-state index contributed by atoms with van der Waals surface area (Å²) in [7, 11) is 0. The van der Waals surface area contributed by atoms with E-state index in [9.17, 15) is 22.4 Å². The molecule has 0 bridgehead atoms. The standard InChI is InChI=1S/C19H16F4N2O2/c1-2-27-18(26)17-9-13-5-6-14(19(21,22)23)10-16(13)25(17)24-11-12-3-7-15(20)8-4-12/h3-10,24H,2,11H2,1H3. The van der Waals surface area contributed by atoms with Crippen LogP contribution in [0.25, 0.3) is 10.9 Å². The van der Waals surface area contributed by atoms with E-state index in [4.69, 9.17) is 4.74 Å². The lowest BCUT2D eigenvalue weighted by Gasteiger charge is -2.14. The summed E-state index contributed by atoms with van der Waals surface area (Å²) < 4.78 is 58.5. The second-order valence-electron chi connectivity index (χ2n) is 5.82. The number of fused-ring (bicyclic) bond motifs is 1. The molecule has 1 N–H and O–H groups in total. The Balaban J connectivity index is 2.03. The zero-order chi connectivity index (χ0) is 19.6. The van der Waals surface area contributed by atoms with Crippen LogP contribution in [0.5, 0.6) is 0 Å². The molecule has 4 nitrogen and oxygen atoms in total. The normalized spacial score (nSPS) is 11.6. The van der Waals surface area contributed by atoms with Crippen LogP contribution >= 0.6 is 0 Å². The van der Waals surface area contributed by atoms with Crippen LogP contribution in [-0.4, -0.2) is 17.3 Å². The highest BCUT2D eigenvalue weighted by molar-refractivity contribution is 5.96. The average Bonchev–Trinajstić information content (AvgIpc) is 2.99. The van der Waals surface area contributed by atoms with Gasteiger partial charge in [-0.15, -0.1) is 0 Å². The van der Waals surface area contributed by atoms with Gasteiger partial charge in [0.2, 0.25) is 0 Å². The topological polar surface area (TPSA) is 43.3 Å². The lowest BCUT2D eigenvalue weighted by Crippen LogP contribution is -2.21. The molecule has 1 heterocycles. The minimum absolute atomic E-state index is 0.0771. The van der Waals surface area contributed by atoms with Crippen molar-refractivity contribution in [3.8, 4) is 0 Å². The number of carbonyl (C=O) groups excluding carboxylic acids is 1.